The van der Waals surface area contributed by atoms with Crippen LogP contribution in [0.2, 0.25) is 0 Å². The van der Waals surface area contributed by atoms with Gasteiger partial charge in [0.2, 0.25) is 0 Å². The van der Waals surface area contributed by atoms with Gasteiger partial charge in [0.25, 0.3) is 0 Å². The first-order chi connectivity index (χ1) is 16.9. The van der Waals surface area contributed by atoms with E-state index in [4.69, 9.17) is 0 Å². The molecular weight excluding hydrogens is 440 g/mol. The van der Waals surface area contributed by atoms with Gasteiger partial charge in [0.05, 0.1) is 5.57 Å². The van der Waals surface area contributed by atoms with E-state index in [1.54, 1.807) is 121 Å². The van der Waals surface area contributed by atoms with Crippen LogP contribution in [0.15, 0.2) is 127 Å². The fourth-order valence-electron chi connectivity index (χ4n) is 4.46. The maximum Gasteiger partial charge on any atom is 0.333 e. The molecule has 0 spiro atoms. The topological polar surface area (TPSA) is 94.8 Å². The predicted molar refractivity (Wildman–Crippen MR) is 134 cm³/mol. The van der Waals surface area contributed by atoms with Crippen LogP contribution in [-0.4, -0.2) is 27.3 Å². The first kappa shape index (κ1) is 23.7. The summed E-state index contributed by atoms with van der Waals surface area (Å²) in [5.74, 6) is -4.72. The molecule has 35 heavy (non-hydrogen) atoms. The highest BCUT2D eigenvalue weighted by Gasteiger charge is 2.49. The number of aliphatic carboxylic acids is 2. The van der Waals surface area contributed by atoms with E-state index in [9.17, 15) is 24.9 Å². The smallest absolute Gasteiger partial charge is 0.333 e. The third-order valence-corrected chi connectivity index (χ3v) is 6.01. The van der Waals surface area contributed by atoms with E-state index < -0.39 is 29.0 Å². The molecule has 174 valence electrons. The minimum absolute atomic E-state index is 0.233. The normalized spacial score (nSPS) is 11.9. The van der Waals surface area contributed by atoms with Gasteiger partial charge in [0.15, 0.2) is 0 Å². The quantitative estimate of drug-likeness (QED) is 0.311. The summed E-state index contributed by atoms with van der Waals surface area (Å²) in [4.78, 5) is 25.9. The number of hydrogen-bond acceptors (Lipinski definition) is 3. The largest absolute Gasteiger partial charge is 0.481 e. The van der Waals surface area contributed by atoms with Crippen molar-refractivity contribution >= 4 is 17.5 Å². The van der Waals surface area contributed by atoms with Gasteiger partial charge in [-0.1, -0.05) is 121 Å². The number of benzene rings is 4. The zero-order valence-electron chi connectivity index (χ0n) is 18.8. The summed E-state index contributed by atoms with van der Waals surface area (Å²) in [5, 5.41) is 33.3. The number of hydrogen-bond donors (Lipinski definition) is 3. The fourth-order valence-corrected chi connectivity index (χ4v) is 4.46. The summed E-state index contributed by atoms with van der Waals surface area (Å²) >= 11 is 0. The number of aliphatic hydroxyl groups is 1. The first-order valence-electron chi connectivity index (χ1n) is 11.1. The van der Waals surface area contributed by atoms with E-state index in [2.05, 4.69) is 0 Å². The van der Waals surface area contributed by atoms with Crippen molar-refractivity contribution in [3.05, 3.63) is 149 Å². The molecule has 0 fully saturated rings. The summed E-state index contributed by atoms with van der Waals surface area (Å²) in [7, 11) is 0. The predicted octanol–water partition coefficient (Wildman–Crippen LogP) is 5.21. The summed E-state index contributed by atoms with van der Waals surface area (Å²) in [6, 6.07) is 34.2. The molecule has 0 aliphatic carbocycles. The Morgan fingerprint density at radius 2 is 0.914 bits per heavy atom. The maximum atomic E-state index is 12.9. The van der Waals surface area contributed by atoms with Crippen molar-refractivity contribution in [2.45, 2.75) is 5.60 Å². The first-order valence-corrected chi connectivity index (χ1v) is 11.1. The van der Waals surface area contributed by atoms with Crippen LogP contribution in [0, 0.1) is 5.92 Å². The summed E-state index contributed by atoms with van der Waals surface area (Å²) in [6.07, 6.45) is 0. The number of rotatable bonds is 8. The second-order valence-electron chi connectivity index (χ2n) is 8.10. The highest BCUT2D eigenvalue weighted by atomic mass is 16.4. The van der Waals surface area contributed by atoms with Crippen LogP contribution in [0.5, 0.6) is 0 Å². The Labute approximate surface area is 203 Å². The van der Waals surface area contributed by atoms with Crippen molar-refractivity contribution in [3.8, 4) is 0 Å². The van der Waals surface area contributed by atoms with E-state index >= 15 is 0 Å². The van der Waals surface area contributed by atoms with Gasteiger partial charge < -0.3 is 15.3 Å². The SMILES string of the molecule is O=C(O)C(=C(c1ccccc1)c1ccccc1)C(C(=O)O)C(O)(c1ccccc1)c1ccccc1. The molecule has 4 rings (SSSR count). The minimum atomic E-state index is -2.17. The van der Waals surface area contributed by atoms with E-state index in [0.717, 1.165) is 0 Å². The molecule has 5 nitrogen and oxygen atoms in total. The van der Waals surface area contributed by atoms with E-state index in [1.165, 1.54) is 0 Å². The van der Waals surface area contributed by atoms with Crippen molar-refractivity contribution in [3.63, 3.8) is 0 Å². The number of carbonyl (C=O) groups is 2. The third-order valence-electron chi connectivity index (χ3n) is 6.01. The lowest BCUT2D eigenvalue weighted by molar-refractivity contribution is -0.151. The fraction of sp³-hybridized carbons (Fsp3) is 0.0667. The van der Waals surface area contributed by atoms with Crippen molar-refractivity contribution in [2.75, 3.05) is 0 Å². The molecular formula is C30H24O5. The molecule has 0 aliphatic rings. The van der Waals surface area contributed by atoms with Gasteiger partial charge in [-0.15, -0.1) is 0 Å². The Bertz CT molecular complexity index is 1250. The molecule has 4 aromatic rings. The number of carboxylic acid groups (broad SMARTS) is 2. The number of carboxylic acids is 2. The van der Waals surface area contributed by atoms with E-state index in [0.29, 0.717) is 11.1 Å². The molecule has 3 N–H and O–H groups in total. The summed E-state index contributed by atoms with van der Waals surface area (Å²) < 4.78 is 0. The van der Waals surface area contributed by atoms with Crippen LogP contribution >= 0.6 is 0 Å². The van der Waals surface area contributed by atoms with Crippen LogP contribution in [0.1, 0.15) is 22.3 Å². The molecule has 0 saturated heterocycles. The zero-order valence-corrected chi connectivity index (χ0v) is 18.8. The molecule has 0 amide bonds. The van der Waals surface area contributed by atoms with Crippen LogP contribution < -0.4 is 0 Å². The molecule has 0 radical (unpaired) electrons. The lowest BCUT2D eigenvalue weighted by Crippen LogP contribution is -2.44. The minimum Gasteiger partial charge on any atom is -0.481 e. The summed E-state index contributed by atoms with van der Waals surface area (Å²) in [6.45, 7) is 0. The van der Waals surface area contributed by atoms with Crippen molar-refractivity contribution in [2.24, 2.45) is 5.92 Å². The Hall–Kier alpha value is -4.48. The lowest BCUT2D eigenvalue weighted by atomic mass is 9.70. The van der Waals surface area contributed by atoms with E-state index in [1.807, 2.05) is 0 Å². The van der Waals surface area contributed by atoms with Gasteiger partial charge in [-0.25, -0.2) is 4.79 Å². The second-order valence-corrected chi connectivity index (χ2v) is 8.10. The molecule has 5 heteroatoms. The monoisotopic (exact) mass is 464 g/mol. The van der Waals surface area contributed by atoms with Crippen LogP contribution in [0.4, 0.5) is 0 Å². The Morgan fingerprint density at radius 1 is 0.571 bits per heavy atom. The van der Waals surface area contributed by atoms with Crippen molar-refractivity contribution in [1.29, 1.82) is 0 Å². The zero-order chi connectivity index (χ0) is 24.8. The van der Waals surface area contributed by atoms with E-state index in [-0.39, 0.29) is 16.7 Å². The Morgan fingerprint density at radius 3 is 1.23 bits per heavy atom. The molecule has 0 saturated carbocycles. The highest BCUT2D eigenvalue weighted by molar-refractivity contribution is 6.05. The van der Waals surface area contributed by atoms with Crippen molar-refractivity contribution < 1.29 is 24.9 Å². The molecule has 0 aliphatic heterocycles. The van der Waals surface area contributed by atoms with Crippen molar-refractivity contribution in [1.82, 2.24) is 0 Å². The Kier molecular flexibility index (Phi) is 6.90. The summed E-state index contributed by atoms with van der Waals surface area (Å²) in [5.41, 5.74) is -0.731. The van der Waals surface area contributed by atoms with Gasteiger partial charge >= 0.3 is 11.9 Å². The van der Waals surface area contributed by atoms with Gasteiger partial charge in [-0.2, -0.15) is 0 Å². The average Bonchev–Trinajstić information content (AvgIpc) is 2.90. The van der Waals surface area contributed by atoms with Gasteiger partial charge in [0, 0.05) is 5.57 Å². The molecule has 1 unspecified atom stereocenters. The van der Waals surface area contributed by atoms with Gasteiger partial charge in [-0.3, -0.25) is 4.79 Å². The Balaban J connectivity index is 2.13. The second kappa shape index (κ2) is 10.2. The average molecular weight is 465 g/mol. The molecule has 0 bridgehead atoms. The highest BCUT2D eigenvalue weighted by Crippen LogP contribution is 2.44. The lowest BCUT2D eigenvalue weighted by Gasteiger charge is -2.36. The van der Waals surface area contributed by atoms with Crippen LogP contribution in [0.25, 0.3) is 5.57 Å². The standard InChI is InChI=1S/C30H24O5/c31-28(32)26(25(21-13-5-1-6-14-21)22-15-7-2-8-16-22)27(29(33)34)30(35,23-17-9-3-10-18-23)24-19-11-4-12-20-24/h1-20,27,35H,(H,31,32)(H,33,34). The van der Waals surface area contributed by atoms with Gasteiger partial charge in [-0.05, 0) is 22.3 Å². The third kappa shape index (κ3) is 4.63. The molecule has 4 aromatic carbocycles. The molecule has 0 heterocycles. The molecule has 0 aromatic heterocycles. The van der Waals surface area contributed by atoms with Gasteiger partial charge in [0.1, 0.15) is 11.5 Å². The molecule has 1 atom stereocenters. The van der Waals surface area contributed by atoms with Crippen LogP contribution in [-0.2, 0) is 15.2 Å². The van der Waals surface area contributed by atoms with Crippen LogP contribution in [0.3, 0.4) is 0 Å². The maximum absolute atomic E-state index is 12.9.